The third-order valence-electron chi connectivity index (χ3n) is 3.50. The fourth-order valence-corrected chi connectivity index (χ4v) is 3.81. The minimum atomic E-state index is -3.41. The summed E-state index contributed by atoms with van der Waals surface area (Å²) in [6.45, 7) is 4.40. The highest BCUT2D eigenvalue weighted by Crippen LogP contribution is 2.16. The Morgan fingerprint density at radius 2 is 2.10 bits per heavy atom. The average molecular weight is 298 g/mol. The van der Waals surface area contributed by atoms with E-state index in [1.165, 1.54) is 6.20 Å². The lowest BCUT2D eigenvalue weighted by Crippen LogP contribution is -2.35. The first-order valence-electron chi connectivity index (χ1n) is 6.97. The fourth-order valence-electron chi connectivity index (χ4n) is 2.37. The Labute approximate surface area is 120 Å². The van der Waals surface area contributed by atoms with Crippen molar-refractivity contribution in [3.63, 3.8) is 0 Å². The van der Waals surface area contributed by atoms with E-state index in [0.29, 0.717) is 19.6 Å². The van der Waals surface area contributed by atoms with Crippen LogP contribution in [0.3, 0.4) is 0 Å². The van der Waals surface area contributed by atoms with Gasteiger partial charge in [-0.25, -0.2) is 8.42 Å². The molecule has 0 aliphatic carbocycles. The Morgan fingerprint density at radius 3 is 2.80 bits per heavy atom. The summed E-state index contributed by atoms with van der Waals surface area (Å²) in [7, 11) is -3.41. The van der Waals surface area contributed by atoms with E-state index in [0.717, 1.165) is 32.5 Å². The normalized spacial score (nSPS) is 18.9. The van der Waals surface area contributed by atoms with E-state index in [-0.39, 0.29) is 4.90 Å². The van der Waals surface area contributed by atoms with E-state index < -0.39 is 10.0 Å². The lowest BCUT2D eigenvalue weighted by Gasteiger charge is -2.21. The van der Waals surface area contributed by atoms with Gasteiger partial charge in [-0.3, -0.25) is 4.98 Å². The second-order valence-electron chi connectivity index (χ2n) is 4.93. The molecule has 6 nitrogen and oxygen atoms in total. The van der Waals surface area contributed by atoms with Gasteiger partial charge in [0.1, 0.15) is 4.90 Å². The topological polar surface area (TPSA) is 79.5 Å². The Balaban J connectivity index is 2.03. The van der Waals surface area contributed by atoms with Crippen molar-refractivity contribution in [1.82, 2.24) is 14.2 Å². The van der Waals surface area contributed by atoms with Gasteiger partial charge < -0.3 is 10.6 Å². The maximum atomic E-state index is 12.5. The summed E-state index contributed by atoms with van der Waals surface area (Å²) < 4.78 is 26.6. The van der Waals surface area contributed by atoms with Gasteiger partial charge in [0.25, 0.3) is 0 Å². The van der Waals surface area contributed by atoms with Gasteiger partial charge in [-0.15, -0.1) is 0 Å². The molecule has 1 aliphatic rings. The largest absolute Gasteiger partial charge is 0.330 e. The second kappa shape index (κ2) is 7.12. The zero-order valence-electron chi connectivity index (χ0n) is 11.6. The summed E-state index contributed by atoms with van der Waals surface area (Å²) in [6.07, 6.45) is 4.79. The Bertz CT molecular complexity index is 506. The van der Waals surface area contributed by atoms with Gasteiger partial charge >= 0.3 is 0 Å². The van der Waals surface area contributed by atoms with Crippen LogP contribution in [0.15, 0.2) is 29.4 Å². The molecule has 1 saturated heterocycles. The van der Waals surface area contributed by atoms with Crippen molar-refractivity contribution in [3.05, 3.63) is 24.5 Å². The number of hydrogen-bond acceptors (Lipinski definition) is 5. The molecule has 7 heteroatoms. The molecule has 0 unspecified atom stereocenters. The summed E-state index contributed by atoms with van der Waals surface area (Å²) in [5, 5.41) is 0. The van der Waals surface area contributed by atoms with Crippen LogP contribution in [-0.2, 0) is 10.0 Å². The molecule has 0 aromatic carbocycles. The van der Waals surface area contributed by atoms with Gasteiger partial charge in [0.15, 0.2) is 0 Å². The van der Waals surface area contributed by atoms with E-state index in [1.54, 1.807) is 22.6 Å². The third-order valence-corrected chi connectivity index (χ3v) is 5.38. The summed E-state index contributed by atoms with van der Waals surface area (Å²) in [6, 6.07) is 3.25. The molecule has 1 aliphatic heterocycles. The van der Waals surface area contributed by atoms with Crippen LogP contribution in [0.1, 0.15) is 12.8 Å². The molecule has 0 amide bonds. The monoisotopic (exact) mass is 298 g/mol. The first-order chi connectivity index (χ1) is 9.64. The molecule has 2 heterocycles. The van der Waals surface area contributed by atoms with Crippen LogP contribution in [0.25, 0.3) is 0 Å². The number of pyridine rings is 1. The summed E-state index contributed by atoms with van der Waals surface area (Å²) in [4.78, 5) is 6.45. The Hall–Kier alpha value is -1.02. The highest BCUT2D eigenvalue weighted by molar-refractivity contribution is 7.89. The molecule has 1 fully saturated rings. The van der Waals surface area contributed by atoms with Crippen LogP contribution in [0.4, 0.5) is 0 Å². The van der Waals surface area contributed by atoms with Crippen LogP contribution in [-0.4, -0.2) is 61.9 Å². The van der Waals surface area contributed by atoms with E-state index in [1.807, 2.05) is 0 Å². The smallest absolute Gasteiger partial charge is 0.244 e. The predicted molar refractivity (Wildman–Crippen MR) is 77.7 cm³/mol. The number of hydrogen-bond donors (Lipinski definition) is 1. The molecule has 2 rings (SSSR count). The van der Waals surface area contributed by atoms with Gasteiger partial charge in [-0.2, -0.15) is 4.31 Å². The number of aromatic nitrogens is 1. The Kier molecular flexibility index (Phi) is 5.47. The number of sulfonamides is 1. The summed E-state index contributed by atoms with van der Waals surface area (Å²) >= 11 is 0. The van der Waals surface area contributed by atoms with Gasteiger partial charge in [0.2, 0.25) is 10.0 Å². The standard InChI is InChI=1S/C13H22N4O2S/c14-5-2-7-16-8-3-9-17(11-10-16)20(18,19)13-4-1-6-15-12-13/h1,4,6,12H,2-3,5,7-11,14H2. The van der Waals surface area contributed by atoms with Crippen LogP contribution >= 0.6 is 0 Å². The molecular weight excluding hydrogens is 276 g/mol. The van der Waals surface area contributed by atoms with Gasteiger partial charge in [0, 0.05) is 32.0 Å². The first-order valence-corrected chi connectivity index (χ1v) is 8.41. The van der Waals surface area contributed by atoms with E-state index in [4.69, 9.17) is 5.73 Å². The number of nitrogens with two attached hydrogens (primary N) is 1. The van der Waals surface area contributed by atoms with Crippen molar-refractivity contribution >= 4 is 10.0 Å². The van der Waals surface area contributed by atoms with Crippen molar-refractivity contribution in [2.45, 2.75) is 17.7 Å². The molecule has 20 heavy (non-hydrogen) atoms. The molecule has 112 valence electrons. The van der Waals surface area contributed by atoms with Gasteiger partial charge in [0.05, 0.1) is 0 Å². The molecule has 0 saturated carbocycles. The fraction of sp³-hybridized carbons (Fsp3) is 0.615. The average Bonchev–Trinajstić information content (AvgIpc) is 2.72. The quantitative estimate of drug-likeness (QED) is 0.835. The third kappa shape index (κ3) is 3.76. The predicted octanol–water partition coefficient (Wildman–Crippen LogP) is 0.127. The van der Waals surface area contributed by atoms with E-state index in [9.17, 15) is 8.42 Å². The highest BCUT2D eigenvalue weighted by Gasteiger charge is 2.26. The zero-order valence-corrected chi connectivity index (χ0v) is 12.4. The second-order valence-corrected chi connectivity index (χ2v) is 6.87. The lowest BCUT2D eigenvalue weighted by atomic mass is 10.3. The minimum absolute atomic E-state index is 0.274. The van der Waals surface area contributed by atoms with Crippen molar-refractivity contribution in [3.8, 4) is 0 Å². The number of rotatable bonds is 5. The van der Waals surface area contributed by atoms with Crippen molar-refractivity contribution in [2.75, 3.05) is 39.3 Å². The first kappa shape index (κ1) is 15.4. The summed E-state index contributed by atoms with van der Waals surface area (Å²) in [5.74, 6) is 0. The van der Waals surface area contributed by atoms with Crippen LogP contribution in [0.2, 0.25) is 0 Å². The van der Waals surface area contributed by atoms with E-state index in [2.05, 4.69) is 9.88 Å². The van der Waals surface area contributed by atoms with Crippen molar-refractivity contribution < 1.29 is 8.42 Å². The van der Waals surface area contributed by atoms with Crippen LogP contribution in [0.5, 0.6) is 0 Å². The molecule has 1 aromatic rings. The van der Waals surface area contributed by atoms with E-state index >= 15 is 0 Å². The molecule has 0 bridgehead atoms. The highest BCUT2D eigenvalue weighted by atomic mass is 32.2. The number of nitrogens with zero attached hydrogens (tertiary/aromatic N) is 3. The van der Waals surface area contributed by atoms with Crippen LogP contribution < -0.4 is 5.73 Å². The summed E-state index contributed by atoms with van der Waals surface area (Å²) in [5.41, 5.74) is 5.52. The Morgan fingerprint density at radius 1 is 1.25 bits per heavy atom. The van der Waals surface area contributed by atoms with Crippen LogP contribution in [0, 0.1) is 0 Å². The molecule has 2 N–H and O–H groups in total. The maximum absolute atomic E-state index is 12.5. The zero-order chi connectivity index (χ0) is 14.4. The maximum Gasteiger partial charge on any atom is 0.244 e. The molecule has 0 radical (unpaired) electrons. The molecule has 0 atom stereocenters. The van der Waals surface area contributed by atoms with Crippen molar-refractivity contribution in [1.29, 1.82) is 0 Å². The molecular formula is C13H22N4O2S. The minimum Gasteiger partial charge on any atom is -0.330 e. The lowest BCUT2D eigenvalue weighted by molar-refractivity contribution is 0.284. The molecule has 1 aromatic heterocycles. The van der Waals surface area contributed by atoms with Gasteiger partial charge in [-0.1, -0.05) is 0 Å². The SMILES string of the molecule is NCCCN1CCCN(S(=O)(=O)c2cccnc2)CC1. The molecule has 0 spiro atoms. The van der Waals surface area contributed by atoms with Crippen molar-refractivity contribution in [2.24, 2.45) is 5.73 Å². The van der Waals surface area contributed by atoms with Gasteiger partial charge in [-0.05, 0) is 44.6 Å².